The minimum absolute atomic E-state index is 0.00797. The average molecular weight is 204 g/mol. The second kappa shape index (κ2) is 7.06. The molecular formula is C9H16O5. The summed E-state index contributed by atoms with van der Waals surface area (Å²) in [6.45, 7) is 2.24. The summed E-state index contributed by atoms with van der Waals surface area (Å²) in [5, 5.41) is 0. The van der Waals surface area contributed by atoms with Gasteiger partial charge >= 0.3 is 11.9 Å². The second-order valence-corrected chi connectivity index (χ2v) is 2.36. The van der Waals surface area contributed by atoms with E-state index in [9.17, 15) is 4.79 Å². The highest BCUT2D eigenvalue weighted by molar-refractivity contribution is 5.86. The molecule has 0 fully saturated rings. The third-order valence-electron chi connectivity index (χ3n) is 1.38. The van der Waals surface area contributed by atoms with Gasteiger partial charge in [-0.1, -0.05) is 6.92 Å². The standard InChI is InChI=1S/C9H16O5/c1-5-6-14-8(10)7(11-2)9(12-3)13-4/h5-6H2,1-4H3. The zero-order valence-corrected chi connectivity index (χ0v) is 8.96. The van der Waals surface area contributed by atoms with E-state index in [4.69, 9.17) is 18.9 Å². The fourth-order valence-electron chi connectivity index (χ4n) is 0.779. The summed E-state index contributed by atoms with van der Waals surface area (Å²) in [5.74, 6) is -0.648. The molecule has 0 saturated heterocycles. The Morgan fingerprint density at radius 1 is 1.07 bits per heavy atom. The van der Waals surface area contributed by atoms with Gasteiger partial charge in [-0.15, -0.1) is 0 Å². The minimum atomic E-state index is -0.590. The Balaban J connectivity index is 4.52. The SMILES string of the molecule is CCCOC(=O)C(OC)=C(OC)OC. The molecule has 5 nitrogen and oxygen atoms in total. The summed E-state index contributed by atoms with van der Waals surface area (Å²) in [5.41, 5.74) is 0. The Hall–Kier alpha value is -1.39. The van der Waals surface area contributed by atoms with Gasteiger partial charge in [-0.2, -0.15) is 0 Å². The van der Waals surface area contributed by atoms with Crippen LogP contribution >= 0.6 is 0 Å². The molecule has 0 radical (unpaired) electrons. The molecule has 82 valence electrons. The zero-order valence-electron chi connectivity index (χ0n) is 8.96. The molecule has 0 heterocycles. The van der Waals surface area contributed by atoms with Gasteiger partial charge in [0.05, 0.1) is 27.9 Å². The first-order chi connectivity index (χ1) is 6.71. The molecule has 14 heavy (non-hydrogen) atoms. The van der Waals surface area contributed by atoms with Crippen molar-refractivity contribution in [1.82, 2.24) is 0 Å². The average Bonchev–Trinajstić information content (AvgIpc) is 2.22. The highest BCUT2D eigenvalue weighted by Crippen LogP contribution is 2.09. The molecule has 0 N–H and O–H groups in total. The maximum atomic E-state index is 11.3. The molecule has 0 unspecified atom stereocenters. The van der Waals surface area contributed by atoms with Gasteiger partial charge in [0.1, 0.15) is 0 Å². The number of ether oxygens (including phenoxy) is 4. The molecule has 0 aliphatic rings. The third-order valence-corrected chi connectivity index (χ3v) is 1.38. The molecule has 0 aliphatic heterocycles. The van der Waals surface area contributed by atoms with Crippen LogP contribution in [0.1, 0.15) is 13.3 Å². The van der Waals surface area contributed by atoms with E-state index in [2.05, 4.69) is 0 Å². The highest BCUT2D eigenvalue weighted by Gasteiger charge is 2.19. The zero-order chi connectivity index (χ0) is 11.0. The number of carbonyl (C=O) groups excluding carboxylic acids is 1. The first-order valence-corrected chi connectivity index (χ1v) is 4.24. The van der Waals surface area contributed by atoms with E-state index in [0.717, 1.165) is 6.42 Å². The van der Waals surface area contributed by atoms with Crippen molar-refractivity contribution < 1.29 is 23.7 Å². The van der Waals surface area contributed by atoms with Gasteiger partial charge in [0.2, 0.25) is 0 Å². The number of hydrogen-bond acceptors (Lipinski definition) is 5. The number of methoxy groups -OCH3 is 3. The van der Waals surface area contributed by atoms with E-state index in [-0.39, 0.29) is 11.7 Å². The fourth-order valence-corrected chi connectivity index (χ4v) is 0.779. The Morgan fingerprint density at radius 3 is 2.00 bits per heavy atom. The smallest absolute Gasteiger partial charge is 0.381 e. The third kappa shape index (κ3) is 3.55. The Morgan fingerprint density at radius 2 is 1.64 bits per heavy atom. The number of esters is 1. The number of rotatable bonds is 6. The molecule has 0 bridgehead atoms. The van der Waals surface area contributed by atoms with E-state index >= 15 is 0 Å². The van der Waals surface area contributed by atoms with Crippen LogP contribution in [0.3, 0.4) is 0 Å². The van der Waals surface area contributed by atoms with E-state index in [0.29, 0.717) is 6.61 Å². The summed E-state index contributed by atoms with van der Waals surface area (Å²) in [4.78, 5) is 11.3. The summed E-state index contributed by atoms with van der Waals surface area (Å²) in [6.07, 6.45) is 0.748. The van der Waals surface area contributed by atoms with Gasteiger partial charge in [-0.3, -0.25) is 0 Å². The molecule has 0 atom stereocenters. The van der Waals surface area contributed by atoms with E-state index < -0.39 is 5.97 Å². The normalized spacial score (nSPS) is 8.86. The summed E-state index contributed by atoms with van der Waals surface area (Å²) >= 11 is 0. The highest BCUT2D eigenvalue weighted by atomic mass is 16.7. The molecule has 0 rings (SSSR count). The van der Waals surface area contributed by atoms with Crippen LogP contribution in [0.25, 0.3) is 0 Å². The van der Waals surface area contributed by atoms with Gasteiger partial charge in [-0.05, 0) is 6.42 Å². The van der Waals surface area contributed by atoms with Crippen molar-refractivity contribution in [3.05, 3.63) is 11.7 Å². The molecule has 0 saturated carbocycles. The lowest BCUT2D eigenvalue weighted by Crippen LogP contribution is -2.14. The summed E-state index contributed by atoms with van der Waals surface area (Å²) in [7, 11) is 4.11. The van der Waals surface area contributed by atoms with Gasteiger partial charge in [0, 0.05) is 0 Å². The number of hydrogen-bond donors (Lipinski definition) is 0. The molecule has 0 aliphatic carbocycles. The van der Waals surface area contributed by atoms with Crippen LogP contribution in [0.5, 0.6) is 0 Å². The molecule has 0 spiro atoms. The van der Waals surface area contributed by atoms with Crippen LogP contribution in [-0.4, -0.2) is 33.9 Å². The summed E-state index contributed by atoms with van der Waals surface area (Å²) in [6, 6.07) is 0. The predicted molar refractivity (Wildman–Crippen MR) is 49.3 cm³/mol. The lowest BCUT2D eigenvalue weighted by molar-refractivity contribution is -0.144. The maximum absolute atomic E-state index is 11.3. The number of carbonyl (C=O) groups is 1. The van der Waals surface area contributed by atoms with Gasteiger partial charge in [-0.25, -0.2) is 4.79 Å². The molecule has 0 aromatic carbocycles. The van der Waals surface area contributed by atoms with Crippen molar-refractivity contribution in [3.8, 4) is 0 Å². The monoisotopic (exact) mass is 204 g/mol. The first kappa shape index (κ1) is 12.6. The van der Waals surface area contributed by atoms with Crippen molar-refractivity contribution in [2.45, 2.75) is 13.3 Å². The lowest BCUT2D eigenvalue weighted by atomic mass is 10.5. The van der Waals surface area contributed by atoms with Crippen LogP contribution in [-0.2, 0) is 23.7 Å². The Kier molecular flexibility index (Phi) is 6.36. The molecule has 0 aromatic heterocycles. The van der Waals surface area contributed by atoms with Crippen LogP contribution < -0.4 is 0 Å². The van der Waals surface area contributed by atoms with Gasteiger partial charge in [0.15, 0.2) is 0 Å². The molecule has 0 amide bonds. The van der Waals surface area contributed by atoms with Crippen LogP contribution in [0.15, 0.2) is 11.7 Å². The largest absolute Gasteiger partial charge is 0.485 e. The molecule has 0 aromatic rings. The minimum Gasteiger partial charge on any atom is -0.485 e. The van der Waals surface area contributed by atoms with E-state index in [1.54, 1.807) is 0 Å². The van der Waals surface area contributed by atoms with Crippen molar-refractivity contribution >= 4 is 5.97 Å². The van der Waals surface area contributed by atoms with Gasteiger partial charge in [0.25, 0.3) is 5.76 Å². The molecule has 5 heteroatoms. The van der Waals surface area contributed by atoms with Crippen molar-refractivity contribution in [3.63, 3.8) is 0 Å². The topological polar surface area (TPSA) is 54.0 Å². The fraction of sp³-hybridized carbons (Fsp3) is 0.667. The van der Waals surface area contributed by atoms with E-state index in [1.165, 1.54) is 21.3 Å². The lowest BCUT2D eigenvalue weighted by Gasteiger charge is -2.10. The van der Waals surface area contributed by atoms with Crippen LogP contribution in [0.4, 0.5) is 0 Å². The van der Waals surface area contributed by atoms with E-state index in [1.807, 2.05) is 6.92 Å². The first-order valence-electron chi connectivity index (χ1n) is 4.24. The Labute approximate surface area is 83.6 Å². The maximum Gasteiger partial charge on any atom is 0.381 e. The summed E-state index contributed by atoms with van der Waals surface area (Å²) < 4.78 is 19.2. The second-order valence-electron chi connectivity index (χ2n) is 2.36. The quantitative estimate of drug-likeness (QED) is 0.367. The van der Waals surface area contributed by atoms with Crippen molar-refractivity contribution in [2.75, 3.05) is 27.9 Å². The Bertz CT molecular complexity index is 203. The van der Waals surface area contributed by atoms with Crippen molar-refractivity contribution in [2.24, 2.45) is 0 Å². The van der Waals surface area contributed by atoms with Crippen molar-refractivity contribution in [1.29, 1.82) is 0 Å². The van der Waals surface area contributed by atoms with Gasteiger partial charge < -0.3 is 18.9 Å². The van der Waals surface area contributed by atoms with Crippen LogP contribution in [0.2, 0.25) is 0 Å². The predicted octanol–water partition coefficient (Wildman–Crippen LogP) is 1.05. The molecular weight excluding hydrogens is 188 g/mol. The van der Waals surface area contributed by atoms with Crippen LogP contribution in [0, 0.1) is 0 Å².